The number of nitrogens with zero attached hydrogens (tertiary/aromatic N) is 1. The van der Waals surface area contributed by atoms with Gasteiger partial charge in [-0.2, -0.15) is 0 Å². The van der Waals surface area contributed by atoms with Gasteiger partial charge >= 0.3 is 0 Å². The van der Waals surface area contributed by atoms with Crippen molar-refractivity contribution in [2.24, 2.45) is 5.92 Å². The Labute approximate surface area is 97.1 Å². The smallest absolute Gasteiger partial charge is 0.107 e. The molecule has 1 heterocycles. The van der Waals surface area contributed by atoms with Gasteiger partial charge in [-0.05, 0) is 18.1 Å². The summed E-state index contributed by atoms with van der Waals surface area (Å²) in [5.74, 6) is 1.91. The van der Waals surface area contributed by atoms with Crippen molar-refractivity contribution >= 4 is 11.0 Å². The van der Waals surface area contributed by atoms with Crippen LogP contribution in [0.15, 0.2) is 24.3 Å². The summed E-state index contributed by atoms with van der Waals surface area (Å²) < 4.78 is 0. The zero-order chi connectivity index (χ0) is 11.4. The molecule has 1 N–H and O–H groups in total. The topological polar surface area (TPSA) is 28.7 Å². The average molecular weight is 216 g/mol. The van der Waals surface area contributed by atoms with Crippen LogP contribution in [0.3, 0.4) is 0 Å². The highest BCUT2D eigenvalue weighted by atomic mass is 14.9. The van der Waals surface area contributed by atoms with E-state index in [1.165, 1.54) is 19.3 Å². The third kappa shape index (κ3) is 2.43. The highest BCUT2D eigenvalue weighted by Gasteiger charge is 2.09. The number of benzene rings is 1. The molecule has 2 nitrogen and oxygen atoms in total. The molecule has 0 fully saturated rings. The molecule has 0 spiro atoms. The fraction of sp³-hybridized carbons (Fsp3) is 0.500. The predicted octanol–water partition coefficient (Wildman–Crippen LogP) is 3.93. The van der Waals surface area contributed by atoms with Gasteiger partial charge in [-0.1, -0.05) is 45.2 Å². The summed E-state index contributed by atoms with van der Waals surface area (Å²) in [5.41, 5.74) is 2.24. The van der Waals surface area contributed by atoms with Gasteiger partial charge in [0.15, 0.2) is 0 Å². The molecule has 1 aromatic carbocycles. The van der Waals surface area contributed by atoms with E-state index < -0.39 is 0 Å². The Balaban J connectivity index is 2.14. The molecule has 2 aromatic rings. The SMILES string of the molecule is CCCC(CC)Cc1nc2ccccc2[nH]1. The molecule has 86 valence electrons. The second-order valence-corrected chi connectivity index (χ2v) is 4.47. The summed E-state index contributed by atoms with van der Waals surface area (Å²) in [6.07, 6.45) is 4.89. The summed E-state index contributed by atoms with van der Waals surface area (Å²) in [6.45, 7) is 4.52. The van der Waals surface area contributed by atoms with Crippen molar-refractivity contribution in [2.45, 2.75) is 39.5 Å². The van der Waals surface area contributed by atoms with Crippen LogP contribution in [0.5, 0.6) is 0 Å². The molecule has 0 aliphatic carbocycles. The van der Waals surface area contributed by atoms with Crippen LogP contribution in [0, 0.1) is 5.92 Å². The summed E-state index contributed by atoms with van der Waals surface area (Å²) >= 11 is 0. The first-order valence-corrected chi connectivity index (χ1v) is 6.27. The van der Waals surface area contributed by atoms with Gasteiger partial charge in [-0.3, -0.25) is 0 Å². The molecule has 0 amide bonds. The number of hydrogen-bond donors (Lipinski definition) is 1. The summed E-state index contributed by atoms with van der Waals surface area (Å²) in [6, 6.07) is 8.24. The molecule has 0 saturated carbocycles. The van der Waals surface area contributed by atoms with E-state index in [1.807, 2.05) is 12.1 Å². The lowest BCUT2D eigenvalue weighted by Crippen LogP contribution is -2.04. The molecule has 0 bridgehead atoms. The van der Waals surface area contributed by atoms with Crippen LogP contribution >= 0.6 is 0 Å². The van der Waals surface area contributed by atoms with E-state index in [4.69, 9.17) is 0 Å². The average Bonchev–Trinajstić information content (AvgIpc) is 2.70. The van der Waals surface area contributed by atoms with Gasteiger partial charge in [-0.25, -0.2) is 4.98 Å². The number of nitrogens with one attached hydrogen (secondary N) is 1. The zero-order valence-electron chi connectivity index (χ0n) is 10.2. The molecule has 2 rings (SSSR count). The highest BCUT2D eigenvalue weighted by molar-refractivity contribution is 5.74. The van der Waals surface area contributed by atoms with Gasteiger partial charge in [-0.15, -0.1) is 0 Å². The summed E-state index contributed by atoms with van der Waals surface area (Å²) in [4.78, 5) is 8.03. The molecule has 1 atom stereocenters. The van der Waals surface area contributed by atoms with Gasteiger partial charge in [0.25, 0.3) is 0 Å². The van der Waals surface area contributed by atoms with E-state index in [-0.39, 0.29) is 0 Å². The van der Waals surface area contributed by atoms with Crippen LogP contribution in [-0.2, 0) is 6.42 Å². The van der Waals surface area contributed by atoms with Crippen molar-refractivity contribution in [3.8, 4) is 0 Å². The normalized spacial score (nSPS) is 13.1. The number of aromatic nitrogens is 2. The van der Waals surface area contributed by atoms with Crippen molar-refractivity contribution < 1.29 is 0 Å². The Kier molecular flexibility index (Phi) is 3.60. The second-order valence-electron chi connectivity index (χ2n) is 4.47. The van der Waals surface area contributed by atoms with Gasteiger partial charge in [0, 0.05) is 6.42 Å². The molecular formula is C14H20N2. The first-order valence-electron chi connectivity index (χ1n) is 6.27. The van der Waals surface area contributed by atoms with E-state index in [1.54, 1.807) is 0 Å². The van der Waals surface area contributed by atoms with E-state index in [9.17, 15) is 0 Å². The zero-order valence-corrected chi connectivity index (χ0v) is 10.2. The molecule has 16 heavy (non-hydrogen) atoms. The number of H-pyrrole nitrogens is 1. The lowest BCUT2D eigenvalue weighted by Gasteiger charge is -2.10. The number of aromatic amines is 1. The maximum Gasteiger partial charge on any atom is 0.107 e. The first kappa shape index (κ1) is 11.2. The molecule has 1 unspecified atom stereocenters. The van der Waals surface area contributed by atoms with Crippen molar-refractivity contribution in [1.29, 1.82) is 0 Å². The maximum atomic E-state index is 4.63. The van der Waals surface area contributed by atoms with Crippen LogP contribution < -0.4 is 0 Å². The van der Waals surface area contributed by atoms with Gasteiger partial charge in [0.2, 0.25) is 0 Å². The van der Waals surface area contributed by atoms with E-state index in [2.05, 4.69) is 35.9 Å². The van der Waals surface area contributed by atoms with Crippen LogP contribution in [0.25, 0.3) is 11.0 Å². The van der Waals surface area contributed by atoms with Crippen molar-refractivity contribution in [1.82, 2.24) is 9.97 Å². The Morgan fingerprint density at radius 3 is 2.75 bits per heavy atom. The molecular weight excluding hydrogens is 196 g/mol. The Morgan fingerprint density at radius 2 is 2.06 bits per heavy atom. The largest absolute Gasteiger partial charge is 0.342 e. The van der Waals surface area contributed by atoms with Crippen LogP contribution in [0.1, 0.15) is 38.9 Å². The fourth-order valence-corrected chi connectivity index (χ4v) is 2.23. The number of fused-ring (bicyclic) bond motifs is 1. The maximum absolute atomic E-state index is 4.63. The first-order chi connectivity index (χ1) is 7.83. The van der Waals surface area contributed by atoms with E-state index >= 15 is 0 Å². The Hall–Kier alpha value is -1.31. The lowest BCUT2D eigenvalue weighted by atomic mass is 9.97. The second kappa shape index (κ2) is 5.15. The highest BCUT2D eigenvalue weighted by Crippen LogP contribution is 2.18. The third-order valence-electron chi connectivity index (χ3n) is 3.19. The lowest BCUT2D eigenvalue weighted by molar-refractivity contribution is 0.454. The number of hydrogen-bond acceptors (Lipinski definition) is 1. The van der Waals surface area contributed by atoms with Crippen LogP contribution in [0.2, 0.25) is 0 Å². The minimum atomic E-state index is 0.769. The van der Waals surface area contributed by atoms with Gasteiger partial charge in [0.1, 0.15) is 5.82 Å². The molecule has 0 saturated heterocycles. The fourth-order valence-electron chi connectivity index (χ4n) is 2.23. The monoisotopic (exact) mass is 216 g/mol. The standard InChI is InChI=1S/C14H20N2/c1-3-7-11(4-2)10-14-15-12-8-5-6-9-13(12)16-14/h5-6,8-9,11H,3-4,7,10H2,1-2H3,(H,15,16). The quantitative estimate of drug-likeness (QED) is 0.806. The molecule has 1 aromatic heterocycles. The summed E-state index contributed by atoms with van der Waals surface area (Å²) in [7, 11) is 0. The van der Waals surface area contributed by atoms with Crippen molar-refractivity contribution in [3.05, 3.63) is 30.1 Å². The van der Waals surface area contributed by atoms with Crippen LogP contribution in [-0.4, -0.2) is 9.97 Å². The van der Waals surface area contributed by atoms with Crippen molar-refractivity contribution in [2.75, 3.05) is 0 Å². The number of para-hydroxylation sites is 2. The van der Waals surface area contributed by atoms with Gasteiger partial charge < -0.3 is 4.98 Å². The number of imidazole rings is 1. The summed E-state index contributed by atoms with van der Waals surface area (Å²) in [5, 5.41) is 0. The molecule has 0 aliphatic rings. The Bertz CT molecular complexity index is 412. The molecule has 0 aliphatic heterocycles. The van der Waals surface area contributed by atoms with E-state index in [0.29, 0.717) is 0 Å². The van der Waals surface area contributed by atoms with Crippen molar-refractivity contribution in [3.63, 3.8) is 0 Å². The number of rotatable bonds is 5. The Morgan fingerprint density at radius 1 is 1.25 bits per heavy atom. The predicted molar refractivity (Wildman–Crippen MR) is 68.5 cm³/mol. The minimum Gasteiger partial charge on any atom is -0.342 e. The third-order valence-corrected chi connectivity index (χ3v) is 3.19. The molecule has 2 heteroatoms. The molecule has 0 radical (unpaired) electrons. The minimum absolute atomic E-state index is 0.769. The van der Waals surface area contributed by atoms with Crippen LogP contribution in [0.4, 0.5) is 0 Å². The van der Waals surface area contributed by atoms with E-state index in [0.717, 1.165) is 29.2 Å². The van der Waals surface area contributed by atoms with Gasteiger partial charge in [0.05, 0.1) is 11.0 Å².